The zero-order valence-electron chi connectivity index (χ0n) is 10.7. The minimum Gasteiger partial charge on any atom is -0.488 e. The third-order valence-electron chi connectivity index (χ3n) is 2.82. The van der Waals surface area contributed by atoms with Gasteiger partial charge >= 0.3 is 0 Å². The monoisotopic (exact) mass is 402 g/mol. The number of aliphatic hydroxyl groups excluding tert-OH is 1. The molecule has 0 spiro atoms. The summed E-state index contributed by atoms with van der Waals surface area (Å²) in [7, 11) is 0. The lowest BCUT2D eigenvalue weighted by Gasteiger charge is -2.14. The van der Waals surface area contributed by atoms with E-state index < -0.39 is 6.10 Å². The zero-order chi connectivity index (χ0) is 14.7. The predicted octanol–water partition coefficient (Wildman–Crippen LogP) is 4.98. The van der Waals surface area contributed by atoms with Crippen molar-refractivity contribution in [1.82, 2.24) is 0 Å². The van der Waals surface area contributed by atoms with Crippen LogP contribution in [0.1, 0.15) is 24.2 Å². The standard InChI is InChI=1S/C15H13Br2FO2/c1-9(19)13-6-11(16)4-5-15(13)20-8-10-2-3-12(17)7-14(10)18/h2-7,9,19H,8H2,1H3/t9-/m1/s1. The van der Waals surface area contributed by atoms with Crippen LogP contribution in [0.4, 0.5) is 4.39 Å². The fourth-order valence-corrected chi connectivity index (χ4v) is 2.48. The first-order chi connectivity index (χ1) is 9.47. The second-order valence-corrected chi connectivity index (χ2v) is 6.21. The maximum absolute atomic E-state index is 13.7. The Balaban J connectivity index is 2.18. The van der Waals surface area contributed by atoms with Crippen LogP contribution in [0, 0.1) is 5.82 Å². The lowest BCUT2D eigenvalue weighted by molar-refractivity contribution is 0.189. The average molecular weight is 404 g/mol. The van der Waals surface area contributed by atoms with Gasteiger partial charge in [-0.05, 0) is 37.3 Å². The summed E-state index contributed by atoms with van der Waals surface area (Å²) in [6, 6.07) is 10.2. The SMILES string of the molecule is C[C@@H](O)c1cc(Br)ccc1OCc1ccc(Br)cc1F. The van der Waals surface area contributed by atoms with Gasteiger partial charge in [0.05, 0.1) is 6.10 Å². The Morgan fingerprint density at radius 3 is 2.45 bits per heavy atom. The van der Waals surface area contributed by atoms with Crippen LogP contribution in [0.3, 0.4) is 0 Å². The van der Waals surface area contributed by atoms with Gasteiger partial charge in [-0.2, -0.15) is 0 Å². The highest BCUT2D eigenvalue weighted by molar-refractivity contribution is 9.10. The largest absolute Gasteiger partial charge is 0.488 e. The van der Waals surface area contributed by atoms with Crippen molar-refractivity contribution in [2.75, 3.05) is 0 Å². The summed E-state index contributed by atoms with van der Waals surface area (Å²) in [5.41, 5.74) is 1.13. The van der Waals surface area contributed by atoms with Crippen molar-refractivity contribution in [1.29, 1.82) is 0 Å². The third-order valence-corrected chi connectivity index (χ3v) is 3.81. The molecule has 5 heteroatoms. The Morgan fingerprint density at radius 2 is 1.80 bits per heavy atom. The molecule has 0 heterocycles. The first-order valence-corrected chi connectivity index (χ1v) is 7.60. The van der Waals surface area contributed by atoms with Crippen LogP contribution < -0.4 is 4.74 Å². The molecule has 1 atom stereocenters. The molecule has 0 unspecified atom stereocenters. The first kappa shape index (κ1) is 15.5. The normalized spacial score (nSPS) is 12.2. The van der Waals surface area contributed by atoms with Gasteiger partial charge in [-0.15, -0.1) is 0 Å². The molecule has 106 valence electrons. The molecule has 0 saturated carbocycles. The van der Waals surface area contributed by atoms with E-state index >= 15 is 0 Å². The minimum absolute atomic E-state index is 0.112. The molecule has 2 nitrogen and oxygen atoms in total. The van der Waals surface area contributed by atoms with Crippen molar-refractivity contribution in [3.05, 3.63) is 62.3 Å². The van der Waals surface area contributed by atoms with Gasteiger partial charge in [0.25, 0.3) is 0 Å². The molecule has 0 amide bonds. The number of hydrogen-bond acceptors (Lipinski definition) is 2. The van der Waals surface area contributed by atoms with Gasteiger partial charge in [0.2, 0.25) is 0 Å². The highest BCUT2D eigenvalue weighted by Gasteiger charge is 2.11. The number of ether oxygens (including phenoxy) is 1. The van der Waals surface area contributed by atoms with Crippen molar-refractivity contribution in [2.45, 2.75) is 19.6 Å². The van der Waals surface area contributed by atoms with Crippen LogP contribution in [0.15, 0.2) is 45.3 Å². The third kappa shape index (κ3) is 3.81. The Kier molecular flexibility index (Phi) is 5.18. The van der Waals surface area contributed by atoms with E-state index in [4.69, 9.17) is 4.74 Å². The molecule has 1 N–H and O–H groups in total. The minimum atomic E-state index is -0.655. The first-order valence-electron chi connectivity index (χ1n) is 6.01. The lowest BCUT2D eigenvalue weighted by Crippen LogP contribution is -2.02. The van der Waals surface area contributed by atoms with Crippen LogP contribution in [-0.2, 0) is 6.61 Å². The molecule has 2 aromatic carbocycles. The molecular formula is C15H13Br2FO2. The van der Waals surface area contributed by atoms with E-state index in [9.17, 15) is 9.50 Å². The van der Waals surface area contributed by atoms with Crippen LogP contribution in [-0.4, -0.2) is 5.11 Å². The average Bonchev–Trinajstić information content (AvgIpc) is 2.38. The summed E-state index contributed by atoms with van der Waals surface area (Å²) in [5, 5.41) is 9.74. The molecule has 2 rings (SSSR count). The highest BCUT2D eigenvalue weighted by atomic mass is 79.9. The smallest absolute Gasteiger partial charge is 0.130 e. The van der Waals surface area contributed by atoms with E-state index in [0.29, 0.717) is 21.3 Å². The second kappa shape index (κ2) is 6.70. The van der Waals surface area contributed by atoms with Crippen molar-refractivity contribution in [3.8, 4) is 5.75 Å². The Morgan fingerprint density at radius 1 is 1.15 bits per heavy atom. The molecule has 0 aromatic heterocycles. The van der Waals surface area contributed by atoms with Crippen LogP contribution in [0.2, 0.25) is 0 Å². The van der Waals surface area contributed by atoms with E-state index in [-0.39, 0.29) is 12.4 Å². The van der Waals surface area contributed by atoms with Gasteiger partial charge in [0, 0.05) is 20.1 Å². The molecule has 0 aliphatic carbocycles. The summed E-state index contributed by atoms with van der Waals surface area (Å²) >= 11 is 6.56. The lowest BCUT2D eigenvalue weighted by atomic mass is 10.1. The summed E-state index contributed by atoms with van der Waals surface area (Å²) in [6.45, 7) is 1.77. The fourth-order valence-electron chi connectivity index (χ4n) is 1.77. The van der Waals surface area contributed by atoms with E-state index in [1.54, 1.807) is 31.2 Å². The van der Waals surface area contributed by atoms with Gasteiger partial charge in [-0.1, -0.05) is 37.9 Å². The number of halogens is 3. The van der Waals surface area contributed by atoms with Crippen molar-refractivity contribution < 1.29 is 14.2 Å². The molecular weight excluding hydrogens is 391 g/mol. The highest BCUT2D eigenvalue weighted by Crippen LogP contribution is 2.29. The van der Waals surface area contributed by atoms with E-state index in [0.717, 1.165) is 4.47 Å². The van der Waals surface area contributed by atoms with E-state index in [2.05, 4.69) is 31.9 Å². The van der Waals surface area contributed by atoms with E-state index in [1.807, 2.05) is 6.07 Å². The summed E-state index contributed by atoms with van der Waals surface area (Å²) in [4.78, 5) is 0. The number of aliphatic hydroxyl groups is 1. The van der Waals surface area contributed by atoms with E-state index in [1.165, 1.54) is 6.07 Å². The topological polar surface area (TPSA) is 29.5 Å². The number of hydrogen-bond donors (Lipinski definition) is 1. The number of benzene rings is 2. The van der Waals surface area contributed by atoms with Gasteiger partial charge in [0.1, 0.15) is 18.2 Å². The maximum atomic E-state index is 13.7. The molecule has 2 aromatic rings. The zero-order valence-corrected chi connectivity index (χ0v) is 13.9. The molecule has 20 heavy (non-hydrogen) atoms. The van der Waals surface area contributed by atoms with Gasteiger partial charge in [-0.3, -0.25) is 0 Å². The van der Waals surface area contributed by atoms with Gasteiger partial charge in [-0.25, -0.2) is 4.39 Å². The second-order valence-electron chi connectivity index (χ2n) is 4.38. The molecule has 0 bridgehead atoms. The molecule has 0 radical (unpaired) electrons. The van der Waals surface area contributed by atoms with Crippen LogP contribution >= 0.6 is 31.9 Å². The Labute approximate surface area is 133 Å². The Hall–Kier alpha value is -0.910. The molecule has 0 fully saturated rings. The predicted molar refractivity (Wildman–Crippen MR) is 83.2 cm³/mol. The van der Waals surface area contributed by atoms with Crippen molar-refractivity contribution in [3.63, 3.8) is 0 Å². The molecule has 0 aliphatic rings. The van der Waals surface area contributed by atoms with Crippen molar-refractivity contribution in [2.24, 2.45) is 0 Å². The number of rotatable bonds is 4. The molecule has 0 aliphatic heterocycles. The fraction of sp³-hybridized carbons (Fsp3) is 0.200. The Bertz CT molecular complexity index is 615. The maximum Gasteiger partial charge on any atom is 0.130 e. The van der Waals surface area contributed by atoms with Gasteiger partial charge in [0.15, 0.2) is 0 Å². The summed E-state index contributed by atoms with van der Waals surface area (Å²) in [6.07, 6.45) is -0.655. The van der Waals surface area contributed by atoms with Crippen LogP contribution in [0.25, 0.3) is 0 Å². The summed E-state index contributed by atoms with van der Waals surface area (Å²) < 4.78 is 20.9. The van der Waals surface area contributed by atoms with Crippen LogP contribution in [0.5, 0.6) is 5.75 Å². The van der Waals surface area contributed by atoms with Gasteiger partial charge < -0.3 is 9.84 Å². The van der Waals surface area contributed by atoms with Crippen molar-refractivity contribution >= 4 is 31.9 Å². The molecule has 0 saturated heterocycles. The summed E-state index contributed by atoms with van der Waals surface area (Å²) in [5.74, 6) is 0.223. The quantitative estimate of drug-likeness (QED) is 0.779.